The van der Waals surface area contributed by atoms with Crippen LogP contribution in [0.2, 0.25) is 5.02 Å². The van der Waals surface area contributed by atoms with Crippen LogP contribution in [0.5, 0.6) is 0 Å². The standard InChI is InChI=1S/C20H26ClN5O2/c1-13-15(21)5-4-6-16(13)22-19(27)11-9-17-23-24-18(26(17)14-7-8-14)10-12-20(28)25(2)3/h4-6,14H,7-12H2,1-3H3,(H,22,27). The average molecular weight is 404 g/mol. The van der Waals surface area contributed by atoms with Crippen molar-refractivity contribution in [3.05, 3.63) is 40.4 Å². The monoisotopic (exact) mass is 403 g/mol. The Bertz CT molecular complexity index is 873. The molecule has 1 aliphatic rings. The second-order valence-corrected chi connectivity index (χ2v) is 7.79. The molecule has 3 rings (SSSR count). The molecule has 8 heteroatoms. The second kappa shape index (κ2) is 8.73. The molecule has 0 unspecified atom stereocenters. The van der Waals surface area contributed by atoms with Gasteiger partial charge in [0.2, 0.25) is 11.8 Å². The molecule has 1 aromatic heterocycles. The van der Waals surface area contributed by atoms with E-state index in [1.165, 1.54) is 0 Å². The van der Waals surface area contributed by atoms with E-state index in [0.29, 0.717) is 36.7 Å². The third-order valence-electron chi connectivity index (χ3n) is 4.93. The highest BCUT2D eigenvalue weighted by atomic mass is 35.5. The fourth-order valence-corrected chi connectivity index (χ4v) is 3.25. The van der Waals surface area contributed by atoms with Crippen molar-refractivity contribution in [3.8, 4) is 0 Å². The predicted molar refractivity (Wildman–Crippen MR) is 108 cm³/mol. The highest BCUT2D eigenvalue weighted by Crippen LogP contribution is 2.37. The summed E-state index contributed by atoms with van der Waals surface area (Å²) in [5, 5.41) is 12.1. The maximum atomic E-state index is 12.4. The number of amides is 2. The van der Waals surface area contributed by atoms with Crippen molar-refractivity contribution in [2.75, 3.05) is 19.4 Å². The molecule has 2 amide bonds. The lowest BCUT2D eigenvalue weighted by Gasteiger charge is -2.12. The molecular weight excluding hydrogens is 378 g/mol. The van der Waals surface area contributed by atoms with Crippen LogP contribution in [0.3, 0.4) is 0 Å². The quantitative estimate of drug-likeness (QED) is 0.734. The van der Waals surface area contributed by atoms with E-state index in [9.17, 15) is 9.59 Å². The molecule has 0 spiro atoms. The summed E-state index contributed by atoms with van der Waals surface area (Å²) < 4.78 is 2.13. The van der Waals surface area contributed by atoms with Crippen LogP contribution in [-0.2, 0) is 22.4 Å². The number of carbonyl (C=O) groups excluding carboxylic acids is 2. The van der Waals surface area contributed by atoms with Gasteiger partial charge in [-0.05, 0) is 37.5 Å². The normalized spacial score (nSPS) is 13.4. The van der Waals surface area contributed by atoms with Gasteiger partial charge in [0.25, 0.3) is 0 Å². The Kier molecular flexibility index (Phi) is 6.34. The van der Waals surface area contributed by atoms with Crippen molar-refractivity contribution in [1.29, 1.82) is 0 Å². The molecule has 1 saturated carbocycles. The van der Waals surface area contributed by atoms with E-state index in [-0.39, 0.29) is 11.8 Å². The fourth-order valence-electron chi connectivity index (χ4n) is 3.08. The van der Waals surface area contributed by atoms with Crippen LogP contribution in [0.15, 0.2) is 18.2 Å². The molecular formula is C20H26ClN5O2. The summed E-state index contributed by atoms with van der Waals surface area (Å²) in [4.78, 5) is 25.8. The third-order valence-corrected chi connectivity index (χ3v) is 5.34. The van der Waals surface area contributed by atoms with Gasteiger partial charge in [-0.3, -0.25) is 9.59 Å². The lowest BCUT2D eigenvalue weighted by molar-refractivity contribution is -0.128. The molecule has 1 aliphatic carbocycles. The van der Waals surface area contributed by atoms with Gasteiger partial charge in [0.05, 0.1) is 0 Å². The van der Waals surface area contributed by atoms with Crippen molar-refractivity contribution < 1.29 is 9.59 Å². The summed E-state index contributed by atoms with van der Waals surface area (Å²) in [6, 6.07) is 5.85. The highest BCUT2D eigenvalue weighted by molar-refractivity contribution is 6.31. The molecule has 7 nitrogen and oxygen atoms in total. The van der Waals surface area contributed by atoms with Crippen LogP contribution >= 0.6 is 11.6 Å². The fraction of sp³-hybridized carbons (Fsp3) is 0.500. The van der Waals surface area contributed by atoms with Gasteiger partial charge < -0.3 is 14.8 Å². The van der Waals surface area contributed by atoms with Crippen molar-refractivity contribution in [1.82, 2.24) is 19.7 Å². The largest absolute Gasteiger partial charge is 0.349 e. The number of anilines is 1. The molecule has 1 aromatic carbocycles. The Morgan fingerprint density at radius 3 is 2.43 bits per heavy atom. The molecule has 2 aromatic rings. The zero-order valence-electron chi connectivity index (χ0n) is 16.5. The molecule has 150 valence electrons. The summed E-state index contributed by atoms with van der Waals surface area (Å²) >= 11 is 6.11. The summed E-state index contributed by atoms with van der Waals surface area (Å²) in [5.74, 6) is 1.63. The number of aryl methyl sites for hydroxylation is 2. The highest BCUT2D eigenvalue weighted by Gasteiger charge is 2.29. The zero-order valence-corrected chi connectivity index (χ0v) is 17.3. The minimum Gasteiger partial charge on any atom is -0.349 e. The minimum absolute atomic E-state index is 0.0724. The Balaban J connectivity index is 1.62. The van der Waals surface area contributed by atoms with Gasteiger partial charge in [-0.2, -0.15) is 0 Å². The van der Waals surface area contributed by atoms with Gasteiger partial charge in [-0.1, -0.05) is 17.7 Å². The molecule has 0 aliphatic heterocycles. The molecule has 0 radical (unpaired) electrons. The second-order valence-electron chi connectivity index (χ2n) is 7.38. The number of hydrogen-bond acceptors (Lipinski definition) is 4. The first-order valence-electron chi connectivity index (χ1n) is 9.54. The smallest absolute Gasteiger partial charge is 0.224 e. The lowest BCUT2D eigenvalue weighted by Crippen LogP contribution is -2.22. The molecule has 1 N–H and O–H groups in total. The van der Waals surface area contributed by atoms with Gasteiger partial charge in [0.1, 0.15) is 11.6 Å². The van der Waals surface area contributed by atoms with E-state index >= 15 is 0 Å². The number of carbonyl (C=O) groups is 2. The van der Waals surface area contributed by atoms with Crippen molar-refractivity contribution >= 4 is 29.1 Å². The van der Waals surface area contributed by atoms with Gasteiger partial charge >= 0.3 is 0 Å². The van der Waals surface area contributed by atoms with Crippen LogP contribution < -0.4 is 5.32 Å². The Hall–Kier alpha value is -2.41. The Morgan fingerprint density at radius 2 is 1.82 bits per heavy atom. The summed E-state index contributed by atoms with van der Waals surface area (Å²) in [7, 11) is 3.50. The summed E-state index contributed by atoms with van der Waals surface area (Å²) in [5.41, 5.74) is 1.58. The van der Waals surface area contributed by atoms with Crippen LogP contribution in [0.4, 0.5) is 5.69 Å². The van der Waals surface area contributed by atoms with Crippen molar-refractivity contribution in [2.24, 2.45) is 0 Å². The number of halogens is 1. The molecule has 1 heterocycles. The van der Waals surface area contributed by atoms with Crippen LogP contribution in [0, 0.1) is 6.92 Å². The van der Waals surface area contributed by atoms with Crippen molar-refractivity contribution in [2.45, 2.75) is 51.5 Å². The van der Waals surface area contributed by atoms with E-state index in [0.717, 1.165) is 35.7 Å². The zero-order chi connectivity index (χ0) is 20.3. The number of nitrogens with zero attached hydrogens (tertiary/aromatic N) is 4. The Morgan fingerprint density at radius 1 is 1.18 bits per heavy atom. The number of aromatic nitrogens is 3. The van der Waals surface area contributed by atoms with Crippen LogP contribution in [0.1, 0.15) is 48.9 Å². The average Bonchev–Trinajstić information content (AvgIpc) is 3.42. The molecule has 0 saturated heterocycles. The topological polar surface area (TPSA) is 80.1 Å². The maximum Gasteiger partial charge on any atom is 0.224 e. The third kappa shape index (κ3) is 4.90. The van der Waals surface area contributed by atoms with Gasteiger partial charge in [0.15, 0.2) is 0 Å². The first kappa shape index (κ1) is 20.3. The number of nitrogens with one attached hydrogen (secondary N) is 1. The molecule has 1 fully saturated rings. The Labute approximate surface area is 170 Å². The number of benzene rings is 1. The lowest BCUT2D eigenvalue weighted by atomic mass is 10.2. The molecule has 28 heavy (non-hydrogen) atoms. The molecule has 0 atom stereocenters. The van der Waals surface area contributed by atoms with Gasteiger partial charge in [-0.15, -0.1) is 10.2 Å². The van der Waals surface area contributed by atoms with Crippen LogP contribution in [-0.4, -0.2) is 45.6 Å². The van der Waals surface area contributed by atoms with Crippen molar-refractivity contribution in [3.63, 3.8) is 0 Å². The van der Waals surface area contributed by atoms with Gasteiger partial charge in [-0.25, -0.2) is 0 Å². The number of hydrogen-bond donors (Lipinski definition) is 1. The number of rotatable bonds is 8. The predicted octanol–water partition coefficient (Wildman–Crippen LogP) is 3.17. The SMILES string of the molecule is Cc1c(Cl)cccc1NC(=O)CCc1nnc(CCC(=O)N(C)C)n1C1CC1. The first-order chi connectivity index (χ1) is 13.4. The van der Waals surface area contributed by atoms with Crippen LogP contribution in [0.25, 0.3) is 0 Å². The first-order valence-corrected chi connectivity index (χ1v) is 9.92. The van der Waals surface area contributed by atoms with Gasteiger partial charge in [0, 0.05) is 56.5 Å². The van der Waals surface area contributed by atoms with E-state index in [1.807, 2.05) is 19.1 Å². The van der Waals surface area contributed by atoms with E-state index < -0.39 is 0 Å². The van der Waals surface area contributed by atoms with E-state index in [2.05, 4.69) is 20.1 Å². The molecule has 0 bridgehead atoms. The maximum absolute atomic E-state index is 12.4. The minimum atomic E-state index is -0.0833. The van der Waals surface area contributed by atoms with E-state index in [1.54, 1.807) is 25.1 Å². The van der Waals surface area contributed by atoms with E-state index in [4.69, 9.17) is 11.6 Å². The summed E-state index contributed by atoms with van der Waals surface area (Å²) in [6.07, 6.45) is 3.98. The summed E-state index contributed by atoms with van der Waals surface area (Å²) in [6.45, 7) is 1.88.